The van der Waals surface area contributed by atoms with Gasteiger partial charge in [-0.3, -0.25) is 4.79 Å². The van der Waals surface area contributed by atoms with Crippen LogP contribution in [0.5, 0.6) is 0 Å². The number of ether oxygens (including phenoxy) is 2. The Labute approximate surface area is 134 Å². The Hall–Kier alpha value is -2.02. The number of alkyl carbamates (subject to hydrolysis) is 1. The molecule has 23 heavy (non-hydrogen) atoms. The number of rotatable bonds is 6. The van der Waals surface area contributed by atoms with Gasteiger partial charge in [0.1, 0.15) is 17.2 Å². The lowest BCUT2D eigenvalue weighted by molar-refractivity contribution is 0.0464. The molecule has 1 N–H and O–H groups in total. The number of ketones is 1. The molecule has 0 heterocycles. The van der Waals surface area contributed by atoms with E-state index in [1.807, 2.05) is 0 Å². The summed E-state index contributed by atoms with van der Waals surface area (Å²) in [4.78, 5) is 23.9. The number of Topliss-reactive ketones (excluding diaryl/α,β-unsaturated/α-hetero) is 1. The largest absolute Gasteiger partial charge is 0.444 e. The molecule has 0 saturated heterocycles. The predicted octanol–water partition coefficient (Wildman–Crippen LogP) is 3.08. The Balaban J connectivity index is 2.75. The molecule has 1 aromatic rings. The molecule has 128 valence electrons. The zero-order chi connectivity index (χ0) is 17.6. The summed E-state index contributed by atoms with van der Waals surface area (Å²) in [6.45, 7) is 5.17. The quantitative estimate of drug-likeness (QED) is 0.815. The maximum absolute atomic E-state index is 13.6. The molecular weight excluding hydrogens is 308 g/mol. The molecule has 1 aromatic carbocycles. The molecule has 0 aliphatic rings. The molecule has 1 atom stereocenters. The Kier molecular flexibility index (Phi) is 6.62. The van der Waals surface area contributed by atoms with E-state index in [0.29, 0.717) is 6.07 Å². The van der Waals surface area contributed by atoms with E-state index >= 15 is 0 Å². The number of carbonyl (C=O) groups is 2. The van der Waals surface area contributed by atoms with Crippen LogP contribution in [0.15, 0.2) is 18.2 Å². The van der Waals surface area contributed by atoms with Gasteiger partial charge < -0.3 is 14.8 Å². The lowest BCUT2D eigenvalue weighted by Crippen LogP contribution is -2.42. The first-order valence-corrected chi connectivity index (χ1v) is 7.09. The van der Waals surface area contributed by atoms with Gasteiger partial charge in [0.25, 0.3) is 0 Å². The summed E-state index contributed by atoms with van der Waals surface area (Å²) in [6, 6.07) is 2.03. The van der Waals surface area contributed by atoms with Gasteiger partial charge in [-0.05, 0) is 32.9 Å². The average Bonchev–Trinajstić information content (AvgIpc) is 2.35. The van der Waals surface area contributed by atoms with Gasteiger partial charge in [-0.15, -0.1) is 0 Å². The number of hydrogen-bond donors (Lipinski definition) is 1. The van der Waals surface area contributed by atoms with E-state index in [2.05, 4.69) is 5.32 Å². The third kappa shape index (κ3) is 6.73. The Morgan fingerprint density at radius 3 is 2.43 bits per heavy atom. The van der Waals surface area contributed by atoms with Crippen LogP contribution in [-0.4, -0.2) is 37.2 Å². The fraction of sp³-hybridized carbons (Fsp3) is 0.500. The van der Waals surface area contributed by atoms with Crippen molar-refractivity contribution >= 4 is 11.9 Å². The fourth-order valence-corrected chi connectivity index (χ4v) is 1.88. The van der Waals surface area contributed by atoms with Gasteiger partial charge in [0.05, 0.1) is 18.2 Å². The average molecular weight is 329 g/mol. The van der Waals surface area contributed by atoms with Crippen molar-refractivity contribution < 1.29 is 27.8 Å². The molecule has 5 nitrogen and oxygen atoms in total. The second-order valence-electron chi connectivity index (χ2n) is 6.05. The van der Waals surface area contributed by atoms with Crippen LogP contribution in [-0.2, 0) is 9.47 Å². The molecule has 0 aliphatic carbocycles. The summed E-state index contributed by atoms with van der Waals surface area (Å²) in [7, 11) is 1.41. The van der Waals surface area contributed by atoms with E-state index in [1.54, 1.807) is 20.8 Å². The van der Waals surface area contributed by atoms with Crippen LogP contribution in [0.2, 0.25) is 0 Å². The van der Waals surface area contributed by atoms with Crippen LogP contribution in [0, 0.1) is 11.6 Å². The number of carbonyl (C=O) groups excluding carboxylic acids is 2. The van der Waals surface area contributed by atoms with Gasteiger partial charge in [0.15, 0.2) is 5.78 Å². The Morgan fingerprint density at radius 2 is 1.91 bits per heavy atom. The second-order valence-corrected chi connectivity index (χ2v) is 6.05. The van der Waals surface area contributed by atoms with Crippen molar-refractivity contribution in [1.82, 2.24) is 5.32 Å². The number of hydrogen-bond acceptors (Lipinski definition) is 4. The SMILES string of the molecule is COCC(CC(=O)c1ccc(F)cc1F)NC(=O)OC(C)(C)C. The zero-order valence-electron chi connectivity index (χ0n) is 13.6. The highest BCUT2D eigenvalue weighted by molar-refractivity contribution is 5.96. The molecule has 7 heteroatoms. The number of methoxy groups -OCH3 is 1. The molecule has 1 amide bonds. The first kappa shape index (κ1) is 19.0. The van der Waals surface area contributed by atoms with Gasteiger partial charge in [0.2, 0.25) is 0 Å². The van der Waals surface area contributed by atoms with E-state index < -0.39 is 35.2 Å². The van der Waals surface area contributed by atoms with Crippen LogP contribution in [0.3, 0.4) is 0 Å². The summed E-state index contributed by atoms with van der Waals surface area (Å²) >= 11 is 0. The molecule has 0 aliphatic heterocycles. The van der Waals surface area contributed by atoms with E-state index in [4.69, 9.17) is 9.47 Å². The lowest BCUT2D eigenvalue weighted by atomic mass is 10.0. The van der Waals surface area contributed by atoms with Crippen molar-refractivity contribution in [1.29, 1.82) is 0 Å². The normalized spacial score (nSPS) is 12.6. The number of amides is 1. The van der Waals surface area contributed by atoms with Crippen molar-refractivity contribution in [2.45, 2.75) is 38.8 Å². The molecule has 1 rings (SSSR count). The van der Waals surface area contributed by atoms with Gasteiger partial charge in [0, 0.05) is 19.6 Å². The minimum absolute atomic E-state index is 0.0494. The standard InChI is InChI=1S/C16H21F2NO4/c1-16(2,3)23-15(21)19-11(9-22-4)8-14(20)12-6-5-10(17)7-13(12)18/h5-7,11H,8-9H2,1-4H3,(H,19,21). The third-order valence-corrected chi connectivity index (χ3v) is 2.75. The van der Waals surface area contributed by atoms with Crippen molar-refractivity contribution in [3.05, 3.63) is 35.4 Å². The zero-order valence-corrected chi connectivity index (χ0v) is 13.6. The summed E-state index contributed by atoms with van der Waals surface area (Å²) in [5, 5.41) is 2.50. The summed E-state index contributed by atoms with van der Waals surface area (Å²) in [5.74, 6) is -2.27. The predicted molar refractivity (Wildman–Crippen MR) is 80.3 cm³/mol. The first-order chi connectivity index (χ1) is 10.6. The third-order valence-electron chi connectivity index (χ3n) is 2.75. The highest BCUT2D eigenvalue weighted by Crippen LogP contribution is 2.14. The van der Waals surface area contributed by atoms with Crippen LogP contribution in [0.4, 0.5) is 13.6 Å². The highest BCUT2D eigenvalue weighted by atomic mass is 19.1. The van der Waals surface area contributed by atoms with Crippen LogP contribution in [0.1, 0.15) is 37.6 Å². The molecule has 0 bridgehead atoms. The van der Waals surface area contributed by atoms with Crippen molar-refractivity contribution in [2.24, 2.45) is 0 Å². The van der Waals surface area contributed by atoms with Gasteiger partial charge in [-0.2, -0.15) is 0 Å². The molecule has 0 radical (unpaired) electrons. The van der Waals surface area contributed by atoms with E-state index in [9.17, 15) is 18.4 Å². The minimum Gasteiger partial charge on any atom is -0.444 e. The smallest absolute Gasteiger partial charge is 0.407 e. The van der Waals surface area contributed by atoms with Crippen molar-refractivity contribution in [2.75, 3.05) is 13.7 Å². The topological polar surface area (TPSA) is 64.6 Å². The second kappa shape index (κ2) is 8.01. The van der Waals surface area contributed by atoms with Crippen LogP contribution < -0.4 is 5.32 Å². The first-order valence-electron chi connectivity index (χ1n) is 7.09. The Bertz CT molecular complexity index is 570. The van der Waals surface area contributed by atoms with Crippen LogP contribution >= 0.6 is 0 Å². The maximum Gasteiger partial charge on any atom is 0.407 e. The van der Waals surface area contributed by atoms with Crippen LogP contribution in [0.25, 0.3) is 0 Å². The van der Waals surface area contributed by atoms with E-state index in [1.165, 1.54) is 7.11 Å². The van der Waals surface area contributed by atoms with E-state index in [0.717, 1.165) is 12.1 Å². The van der Waals surface area contributed by atoms with Crippen molar-refractivity contribution in [3.8, 4) is 0 Å². The van der Waals surface area contributed by atoms with Gasteiger partial charge in [-0.1, -0.05) is 0 Å². The summed E-state index contributed by atoms with van der Waals surface area (Å²) in [5.41, 5.74) is -0.923. The Morgan fingerprint density at radius 1 is 1.26 bits per heavy atom. The number of nitrogens with one attached hydrogen (secondary N) is 1. The molecular formula is C16H21F2NO4. The fourth-order valence-electron chi connectivity index (χ4n) is 1.88. The van der Waals surface area contributed by atoms with Gasteiger partial charge >= 0.3 is 6.09 Å². The maximum atomic E-state index is 13.6. The summed E-state index contributed by atoms with van der Waals surface area (Å²) in [6.07, 6.45) is -0.901. The molecule has 0 spiro atoms. The molecule has 0 fully saturated rings. The number of benzene rings is 1. The number of halogens is 2. The minimum atomic E-state index is -0.941. The van der Waals surface area contributed by atoms with E-state index in [-0.39, 0.29) is 18.6 Å². The molecule has 1 unspecified atom stereocenters. The summed E-state index contributed by atoms with van der Waals surface area (Å²) < 4.78 is 36.5. The monoisotopic (exact) mass is 329 g/mol. The van der Waals surface area contributed by atoms with Gasteiger partial charge in [-0.25, -0.2) is 13.6 Å². The highest BCUT2D eigenvalue weighted by Gasteiger charge is 2.23. The lowest BCUT2D eigenvalue weighted by Gasteiger charge is -2.23. The molecule has 0 saturated carbocycles. The van der Waals surface area contributed by atoms with Crippen molar-refractivity contribution in [3.63, 3.8) is 0 Å². The molecule has 0 aromatic heterocycles.